The fourth-order valence-electron chi connectivity index (χ4n) is 3.39. The summed E-state index contributed by atoms with van der Waals surface area (Å²) in [5.74, 6) is 0.198. The molecule has 1 fully saturated rings. The molecule has 1 aliphatic heterocycles. The number of piperazine rings is 1. The van der Waals surface area contributed by atoms with Gasteiger partial charge in [0.1, 0.15) is 0 Å². The molecule has 0 saturated carbocycles. The molecule has 0 radical (unpaired) electrons. The molecule has 4 nitrogen and oxygen atoms in total. The van der Waals surface area contributed by atoms with Crippen LogP contribution < -0.4 is 0 Å². The fourth-order valence-corrected chi connectivity index (χ4v) is 3.87. The molecule has 1 heterocycles. The molecular formula is C22H24Cl2N2O2. The highest BCUT2D eigenvalue weighted by molar-refractivity contribution is 6.35. The van der Waals surface area contributed by atoms with E-state index in [0.29, 0.717) is 42.6 Å². The molecule has 1 aliphatic rings. The maximum absolute atomic E-state index is 12.5. The SMILES string of the molecule is O=C(CCCc1ccccc1)N1CCN(C(=O)Cc2ccc(Cl)cc2Cl)CC1. The number of halogens is 2. The number of hydrogen-bond donors (Lipinski definition) is 0. The molecule has 6 heteroatoms. The summed E-state index contributed by atoms with van der Waals surface area (Å²) in [4.78, 5) is 28.6. The van der Waals surface area contributed by atoms with E-state index in [4.69, 9.17) is 23.2 Å². The zero-order valence-corrected chi connectivity index (χ0v) is 17.3. The summed E-state index contributed by atoms with van der Waals surface area (Å²) in [6.07, 6.45) is 2.55. The number of nitrogens with zero attached hydrogens (tertiary/aromatic N) is 2. The van der Waals surface area contributed by atoms with Gasteiger partial charge in [0.2, 0.25) is 11.8 Å². The second-order valence-electron chi connectivity index (χ2n) is 7.01. The van der Waals surface area contributed by atoms with E-state index in [0.717, 1.165) is 18.4 Å². The number of benzene rings is 2. The Labute approximate surface area is 176 Å². The van der Waals surface area contributed by atoms with Crippen LogP contribution in [-0.2, 0) is 22.4 Å². The van der Waals surface area contributed by atoms with Crippen molar-refractivity contribution in [1.29, 1.82) is 0 Å². The quantitative estimate of drug-likeness (QED) is 0.703. The minimum Gasteiger partial charge on any atom is -0.339 e. The minimum absolute atomic E-state index is 0.0281. The lowest BCUT2D eigenvalue weighted by Gasteiger charge is -2.35. The highest BCUT2D eigenvalue weighted by Crippen LogP contribution is 2.22. The van der Waals surface area contributed by atoms with Gasteiger partial charge in [-0.15, -0.1) is 0 Å². The monoisotopic (exact) mass is 418 g/mol. The third-order valence-electron chi connectivity index (χ3n) is 5.04. The van der Waals surface area contributed by atoms with Crippen LogP contribution in [0.15, 0.2) is 48.5 Å². The molecule has 2 aromatic carbocycles. The first-order chi connectivity index (χ1) is 13.5. The van der Waals surface area contributed by atoms with Gasteiger partial charge in [0.15, 0.2) is 0 Å². The van der Waals surface area contributed by atoms with Gasteiger partial charge in [0, 0.05) is 42.6 Å². The minimum atomic E-state index is 0.0281. The Kier molecular flexibility index (Phi) is 7.35. The maximum Gasteiger partial charge on any atom is 0.227 e. The number of rotatable bonds is 6. The Hall–Kier alpha value is -2.04. The van der Waals surface area contributed by atoms with Gasteiger partial charge in [-0.05, 0) is 36.1 Å². The van der Waals surface area contributed by atoms with Crippen molar-refractivity contribution in [2.75, 3.05) is 26.2 Å². The van der Waals surface area contributed by atoms with E-state index >= 15 is 0 Å². The van der Waals surface area contributed by atoms with E-state index < -0.39 is 0 Å². The summed E-state index contributed by atoms with van der Waals surface area (Å²) < 4.78 is 0. The predicted octanol–water partition coefficient (Wildman–Crippen LogP) is 4.23. The number of carbonyl (C=O) groups excluding carboxylic acids is 2. The average Bonchev–Trinajstić information content (AvgIpc) is 2.71. The van der Waals surface area contributed by atoms with Crippen LogP contribution in [0.25, 0.3) is 0 Å². The van der Waals surface area contributed by atoms with Crippen molar-refractivity contribution >= 4 is 35.0 Å². The first kappa shape index (κ1) is 20.7. The number of aryl methyl sites for hydroxylation is 1. The molecule has 0 aromatic heterocycles. The molecule has 0 spiro atoms. The Bertz CT molecular complexity index is 819. The van der Waals surface area contributed by atoms with Gasteiger partial charge < -0.3 is 9.80 Å². The summed E-state index contributed by atoms with van der Waals surface area (Å²) in [6, 6.07) is 15.4. The van der Waals surface area contributed by atoms with Gasteiger partial charge in [-0.1, -0.05) is 59.6 Å². The van der Waals surface area contributed by atoms with Crippen molar-refractivity contribution in [3.8, 4) is 0 Å². The van der Waals surface area contributed by atoms with Crippen LogP contribution >= 0.6 is 23.2 Å². The van der Waals surface area contributed by atoms with Crippen LogP contribution in [0.5, 0.6) is 0 Å². The Balaban J connectivity index is 1.42. The number of hydrogen-bond acceptors (Lipinski definition) is 2. The van der Waals surface area contributed by atoms with Crippen LogP contribution in [0, 0.1) is 0 Å². The third-order valence-corrected chi connectivity index (χ3v) is 5.63. The normalized spacial score (nSPS) is 14.2. The Morgan fingerprint density at radius 1 is 0.857 bits per heavy atom. The van der Waals surface area contributed by atoms with Crippen molar-refractivity contribution in [2.45, 2.75) is 25.7 Å². The first-order valence-corrected chi connectivity index (χ1v) is 10.3. The third kappa shape index (κ3) is 5.73. The highest BCUT2D eigenvalue weighted by Gasteiger charge is 2.24. The molecule has 0 atom stereocenters. The van der Waals surface area contributed by atoms with Crippen LogP contribution in [0.2, 0.25) is 10.0 Å². The van der Waals surface area contributed by atoms with Gasteiger partial charge in [0.05, 0.1) is 6.42 Å². The first-order valence-electron chi connectivity index (χ1n) is 9.56. The van der Waals surface area contributed by atoms with Crippen molar-refractivity contribution < 1.29 is 9.59 Å². The van der Waals surface area contributed by atoms with Crippen LogP contribution in [0.3, 0.4) is 0 Å². The summed E-state index contributed by atoms with van der Waals surface area (Å²) in [5.41, 5.74) is 2.03. The lowest BCUT2D eigenvalue weighted by atomic mass is 10.1. The summed E-state index contributed by atoms with van der Waals surface area (Å²) >= 11 is 12.1. The molecule has 28 heavy (non-hydrogen) atoms. The number of carbonyl (C=O) groups is 2. The lowest BCUT2D eigenvalue weighted by molar-refractivity contribution is -0.139. The number of amides is 2. The van der Waals surface area contributed by atoms with Crippen molar-refractivity contribution in [3.05, 3.63) is 69.7 Å². The van der Waals surface area contributed by atoms with E-state index in [9.17, 15) is 9.59 Å². The summed E-state index contributed by atoms with van der Waals surface area (Å²) in [7, 11) is 0. The molecule has 1 saturated heterocycles. The standard InChI is InChI=1S/C22H24Cl2N2O2/c23-19-10-9-18(20(24)16-19)15-22(28)26-13-11-25(12-14-26)21(27)8-4-7-17-5-2-1-3-6-17/h1-3,5-6,9-10,16H,4,7-8,11-15H2. The second kappa shape index (κ2) is 9.94. The lowest BCUT2D eigenvalue weighted by Crippen LogP contribution is -2.51. The van der Waals surface area contributed by atoms with Crippen LogP contribution in [0.1, 0.15) is 24.0 Å². The van der Waals surface area contributed by atoms with E-state index in [1.807, 2.05) is 23.1 Å². The summed E-state index contributed by atoms with van der Waals surface area (Å²) in [6.45, 7) is 2.30. The van der Waals surface area contributed by atoms with Gasteiger partial charge in [-0.25, -0.2) is 0 Å². The van der Waals surface area contributed by atoms with E-state index in [-0.39, 0.29) is 18.2 Å². The van der Waals surface area contributed by atoms with Crippen molar-refractivity contribution in [1.82, 2.24) is 9.80 Å². The van der Waals surface area contributed by atoms with Gasteiger partial charge >= 0.3 is 0 Å². The molecule has 2 aromatic rings. The molecule has 148 valence electrons. The van der Waals surface area contributed by atoms with Crippen molar-refractivity contribution in [2.24, 2.45) is 0 Å². The smallest absolute Gasteiger partial charge is 0.227 e. The zero-order valence-electron chi connectivity index (χ0n) is 15.7. The molecule has 0 unspecified atom stereocenters. The predicted molar refractivity (Wildman–Crippen MR) is 113 cm³/mol. The topological polar surface area (TPSA) is 40.6 Å². The van der Waals surface area contributed by atoms with E-state index in [1.54, 1.807) is 23.1 Å². The van der Waals surface area contributed by atoms with Crippen LogP contribution in [0.4, 0.5) is 0 Å². The maximum atomic E-state index is 12.5. The van der Waals surface area contributed by atoms with Gasteiger partial charge in [0.25, 0.3) is 0 Å². The van der Waals surface area contributed by atoms with Gasteiger partial charge in [-0.3, -0.25) is 9.59 Å². The highest BCUT2D eigenvalue weighted by atomic mass is 35.5. The molecule has 3 rings (SSSR count). The average molecular weight is 419 g/mol. The largest absolute Gasteiger partial charge is 0.339 e. The molecule has 0 N–H and O–H groups in total. The zero-order chi connectivity index (χ0) is 19.9. The fraction of sp³-hybridized carbons (Fsp3) is 0.364. The van der Waals surface area contributed by atoms with Gasteiger partial charge in [-0.2, -0.15) is 0 Å². The van der Waals surface area contributed by atoms with Crippen molar-refractivity contribution in [3.63, 3.8) is 0 Å². The molecule has 0 aliphatic carbocycles. The molecule has 2 amide bonds. The Morgan fingerprint density at radius 2 is 1.50 bits per heavy atom. The van der Waals surface area contributed by atoms with E-state index in [1.165, 1.54) is 5.56 Å². The second-order valence-corrected chi connectivity index (χ2v) is 7.86. The van der Waals surface area contributed by atoms with Crippen LogP contribution in [-0.4, -0.2) is 47.8 Å². The van der Waals surface area contributed by atoms with E-state index in [2.05, 4.69) is 12.1 Å². The summed E-state index contributed by atoms with van der Waals surface area (Å²) in [5, 5.41) is 1.06. The molecule has 0 bridgehead atoms. The molecular weight excluding hydrogens is 395 g/mol. The Morgan fingerprint density at radius 3 is 2.14 bits per heavy atom.